The van der Waals surface area contributed by atoms with Gasteiger partial charge in [0.1, 0.15) is 0 Å². The maximum Gasteiger partial charge on any atom is 0.502 e. The highest BCUT2D eigenvalue weighted by Gasteiger charge is 2.17. The van der Waals surface area contributed by atoms with Crippen LogP contribution in [-0.2, 0) is 0 Å². The van der Waals surface area contributed by atoms with E-state index in [2.05, 4.69) is 4.98 Å². The molecule has 1 rings (SSSR count). The summed E-state index contributed by atoms with van der Waals surface area (Å²) in [7, 11) is 0. The quantitative estimate of drug-likeness (QED) is 0.700. The SMILES string of the molecule is CC(C)c1ccncc1/C=C/[B-](F)(F)F. The van der Waals surface area contributed by atoms with Gasteiger partial charge in [0.05, 0.1) is 0 Å². The predicted molar refractivity (Wildman–Crippen MR) is 56.4 cm³/mol. The summed E-state index contributed by atoms with van der Waals surface area (Å²) >= 11 is 0. The van der Waals surface area contributed by atoms with Gasteiger partial charge in [-0.15, -0.1) is 5.98 Å². The summed E-state index contributed by atoms with van der Waals surface area (Å²) in [5, 5.41) is 0. The van der Waals surface area contributed by atoms with Crippen LogP contribution in [0.5, 0.6) is 0 Å². The van der Waals surface area contributed by atoms with Crippen molar-refractivity contribution < 1.29 is 12.9 Å². The van der Waals surface area contributed by atoms with Crippen molar-refractivity contribution in [2.24, 2.45) is 0 Å². The maximum atomic E-state index is 12.0. The van der Waals surface area contributed by atoms with Crippen LogP contribution in [0.1, 0.15) is 30.9 Å². The molecule has 5 heteroatoms. The summed E-state index contributed by atoms with van der Waals surface area (Å²) < 4.78 is 36.1. The molecule has 0 bridgehead atoms. The average molecular weight is 214 g/mol. The Hall–Kier alpha value is -1.26. The Balaban J connectivity index is 2.99. The largest absolute Gasteiger partial charge is 0.502 e. The molecule has 1 heterocycles. The van der Waals surface area contributed by atoms with Gasteiger partial charge in [-0.25, -0.2) is 0 Å². The highest BCUT2D eigenvalue weighted by molar-refractivity contribution is 6.64. The second kappa shape index (κ2) is 4.51. The van der Waals surface area contributed by atoms with Gasteiger partial charge in [0, 0.05) is 12.4 Å². The number of halogens is 3. The van der Waals surface area contributed by atoms with Crippen LogP contribution in [0.25, 0.3) is 6.08 Å². The van der Waals surface area contributed by atoms with Crippen molar-refractivity contribution >= 4 is 13.1 Å². The van der Waals surface area contributed by atoms with Crippen LogP contribution in [-0.4, -0.2) is 12.0 Å². The van der Waals surface area contributed by atoms with Crippen LogP contribution in [0.2, 0.25) is 0 Å². The summed E-state index contributed by atoms with van der Waals surface area (Å²) in [5.74, 6) is 0.483. The van der Waals surface area contributed by atoms with E-state index < -0.39 is 6.98 Å². The number of hydrogen-bond donors (Lipinski definition) is 0. The first-order valence-electron chi connectivity index (χ1n) is 4.73. The zero-order valence-corrected chi connectivity index (χ0v) is 8.62. The molecule has 0 atom stereocenters. The third-order valence-corrected chi connectivity index (χ3v) is 2.00. The van der Waals surface area contributed by atoms with Gasteiger partial charge in [-0.05, 0) is 23.1 Å². The lowest BCUT2D eigenvalue weighted by molar-refractivity contribution is 0.499. The van der Waals surface area contributed by atoms with Crippen molar-refractivity contribution in [1.82, 2.24) is 4.98 Å². The Bertz CT molecular complexity index is 358. The third kappa shape index (κ3) is 3.77. The van der Waals surface area contributed by atoms with Crippen molar-refractivity contribution in [1.29, 1.82) is 0 Å². The number of rotatable bonds is 3. The van der Waals surface area contributed by atoms with Gasteiger partial charge in [0.15, 0.2) is 0 Å². The normalized spacial score (nSPS) is 12.7. The van der Waals surface area contributed by atoms with Gasteiger partial charge >= 0.3 is 6.98 Å². The lowest BCUT2D eigenvalue weighted by atomic mass is 9.89. The Morgan fingerprint density at radius 1 is 1.33 bits per heavy atom. The van der Waals surface area contributed by atoms with Gasteiger partial charge in [0.2, 0.25) is 0 Å². The van der Waals surface area contributed by atoms with Crippen molar-refractivity contribution in [2.45, 2.75) is 19.8 Å². The highest BCUT2D eigenvalue weighted by Crippen LogP contribution is 2.21. The van der Waals surface area contributed by atoms with E-state index >= 15 is 0 Å². The van der Waals surface area contributed by atoms with E-state index in [9.17, 15) is 12.9 Å². The minimum Gasteiger partial charge on any atom is -0.445 e. The van der Waals surface area contributed by atoms with Crippen molar-refractivity contribution in [3.8, 4) is 0 Å². The Labute approximate surface area is 87.1 Å². The Morgan fingerprint density at radius 2 is 2.00 bits per heavy atom. The summed E-state index contributed by atoms with van der Waals surface area (Å²) in [4.78, 5) is 3.82. The summed E-state index contributed by atoms with van der Waals surface area (Å²) in [6.45, 7) is -1.00. The molecule has 82 valence electrons. The van der Waals surface area contributed by atoms with E-state index in [1.165, 1.54) is 6.20 Å². The summed E-state index contributed by atoms with van der Waals surface area (Å²) in [6, 6.07) is 1.74. The molecule has 1 nitrogen and oxygen atoms in total. The van der Waals surface area contributed by atoms with Crippen LogP contribution in [0.15, 0.2) is 24.4 Å². The lowest BCUT2D eigenvalue weighted by Crippen LogP contribution is -2.09. The Kier molecular flexibility index (Phi) is 3.55. The maximum absolute atomic E-state index is 12.0. The minimum atomic E-state index is -4.87. The number of pyridine rings is 1. The molecule has 0 unspecified atom stereocenters. The average Bonchev–Trinajstić information content (AvgIpc) is 2.14. The van der Waals surface area contributed by atoms with Gasteiger partial charge in [0.25, 0.3) is 0 Å². The van der Waals surface area contributed by atoms with E-state index in [-0.39, 0.29) is 5.92 Å². The van der Waals surface area contributed by atoms with Crippen molar-refractivity contribution in [3.63, 3.8) is 0 Å². The van der Waals surface area contributed by atoms with Crippen LogP contribution in [0.4, 0.5) is 12.9 Å². The summed E-state index contributed by atoms with van der Waals surface area (Å²) in [6.07, 6.45) is 4.13. The second-order valence-electron chi connectivity index (χ2n) is 3.64. The van der Waals surface area contributed by atoms with Crippen LogP contribution in [0, 0.1) is 0 Å². The van der Waals surface area contributed by atoms with Gasteiger partial charge in [-0.2, -0.15) is 0 Å². The molecule has 0 aromatic carbocycles. The van der Waals surface area contributed by atoms with Crippen LogP contribution in [0.3, 0.4) is 0 Å². The van der Waals surface area contributed by atoms with Crippen LogP contribution >= 0.6 is 0 Å². The minimum absolute atomic E-state index is 0.188. The molecular weight excluding hydrogens is 202 g/mol. The van der Waals surface area contributed by atoms with E-state index in [4.69, 9.17) is 0 Å². The molecule has 0 saturated heterocycles. The van der Waals surface area contributed by atoms with E-state index in [1.807, 2.05) is 13.8 Å². The van der Waals surface area contributed by atoms with Crippen molar-refractivity contribution in [3.05, 3.63) is 35.6 Å². The highest BCUT2D eigenvalue weighted by atomic mass is 19.4. The summed E-state index contributed by atoms with van der Waals surface area (Å²) in [5.41, 5.74) is 1.41. The van der Waals surface area contributed by atoms with E-state index in [0.29, 0.717) is 11.5 Å². The molecule has 0 saturated carbocycles. The molecule has 0 aliphatic carbocycles. The number of hydrogen-bond acceptors (Lipinski definition) is 1. The topological polar surface area (TPSA) is 12.9 Å². The van der Waals surface area contributed by atoms with Gasteiger partial charge in [-0.3, -0.25) is 4.98 Å². The Morgan fingerprint density at radius 3 is 2.53 bits per heavy atom. The molecule has 0 amide bonds. The number of nitrogens with zero attached hydrogens (tertiary/aromatic N) is 1. The molecule has 15 heavy (non-hydrogen) atoms. The van der Waals surface area contributed by atoms with Crippen LogP contribution < -0.4 is 0 Å². The zero-order valence-electron chi connectivity index (χ0n) is 8.62. The fourth-order valence-electron chi connectivity index (χ4n) is 1.30. The molecule has 0 N–H and O–H groups in total. The van der Waals surface area contributed by atoms with Gasteiger partial charge < -0.3 is 12.9 Å². The van der Waals surface area contributed by atoms with Crippen molar-refractivity contribution in [2.75, 3.05) is 0 Å². The molecule has 0 aliphatic heterocycles. The molecular formula is C10H12BF3N-. The fraction of sp³-hybridized carbons (Fsp3) is 0.300. The molecule has 0 fully saturated rings. The molecule has 1 aromatic heterocycles. The molecule has 0 spiro atoms. The smallest absolute Gasteiger partial charge is 0.445 e. The lowest BCUT2D eigenvalue weighted by Gasteiger charge is -2.11. The first-order chi connectivity index (χ1) is 6.90. The fourth-order valence-corrected chi connectivity index (χ4v) is 1.30. The predicted octanol–water partition coefficient (Wildman–Crippen LogP) is 3.60. The zero-order chi connectivity index (χ0) is 11.5. The number of aromatic nitrogens is 1. The first kappa shape index (κ1) is 11.8. The standard InChI is InChI=1S/C10H12BF3N/c1-8(2)10-4-6-15-7-9(10)3-5-11(12,13)14/h3-8H,1-2H3/q-1/b5-3+. The van der Waals surface area contributed by atoms with Gasteiger partial charge in [-0.1, -0.05) is 19.9 Å². The monoisotopic (exact) mass is 214 g/mol. The first-order valence-corrected chi connectivity index (χ1v) is 4.73. The van der Waals surface area contributed by atoms with E-state index in [0.717, 1.165) is 11.6 Å². The second-order valence-corrected chi connectivity index (χ2v) is 3.64. The molecule has 0 aliphatic rings. The molecule has 1 aromatic rings. The van der Waals surface area contributed by atoms with E-state index in [1.54, 1.807) is 12.3 Å². The molecule has 0 radical (unpaired) electrons. The third-order valence-electron chi connectivity index (χ3n) is 2.00.